The quantitative estimate of drug-likeness (QED) is 0.394. The van der Waals surface area contributed by atoms with E-state index in [-0.39, 0.29) is 20.0 Å². The molecular formula is C4H6N8O8. The molecule has 0 bridgehead atoms. The number of hydrazine groups is 4. The molecule has 0 atom stereocenters. The second-order valence-electron chi connectivity index (χ2n) is 3.82. The molecule has 0 spiro atoms. The first kappa shape index (κ1) is 13.2. The molecule has 16 heteroatoms. The van der Waals surface area contributed by atoms with Gasteiger partial charge in [0.1, 0.15) is 0 Å². The Balaban J connectivity index is 2.45. The molecule has 2 aliphatic rings. The molecule has 110 valence electrons. The van der Waals surface area contributed by atoms with E-state index in [9.17, 15) is 40.5 Å². The average Bonchev–Trinajstić information content (AvgIpc) is 2.83. The van der Waals surface area contributed by atoms with Crippen molar-refractivity contribution in [1.29, 1.82) is 0 Å². The third-order valence-corrected chi connectivity index (χ3v) is 2.91. The van der Waals surface area contributed by atoms with E-state index >= 15 is 0 Å². The summed E-state index contributed by atoms with van der Waals surface area (Å²) in [4.78, 5) is 43.2. The minimum absolute atomic E-state index is 0.208. The highest BCUT2D eigenvalue weighted by Crippen LogP contribution is 2.32. The average molecular weight is 294 g/mol. The molecule has 16 nitrogen and oxygen atoms in total. The van der Waals surface area contributed by atoms with Crippen LogP contribution in [0.25, 0.3) is 0 Å². The monoisotopic (exact) mass is 294 g/mol. The second kappa shape index (κ2) is 4.17. The number of nitrogens with zero attached hydrogens (tertiary/aromatic N) is 8. The molecule has 0 radical (unpaired) electrons. The molecule has 0 unspecified atom stereocenters. The Hall–Kier alpha value is -3.20. The summed E-state index contributed by atoms with van der Waals surface area (Å²) in [6, 6.07) is 0. The van der Waals surface area contributed by atoms with Gasteiger partial charge in [-0.3, -0.25) is 0 Å². The van der Waals surface area contributed by atoms with Crippen LogP contribution < -0.4 is 0 Å². The maximum atomic E-state index is 10.8. The van der Waals surface area contributed by atoms with Crippen molar-refractivity contribution in [3.05, 3.63) is 40.5 Å². The molecule has 2 heterocycles. The van der Waals surface area contributed by atoms with Crippen molar-refractivity contribution in [2.24, 2.45) is 0 Å². The van der Waals surface area contributed by atoms with Crippen LogP contribution in [0.1, 0.15) is 0 Å². The smallest absolute Gasteiger partial charge is 0.235 e. The maximum Gasteiger partial charge on any atom is 0.271 e. The van der Waals surface area contributed by atoms with Crippen LogP contribution in [0.2, 0.25) is 0 Å². The van der Waals surface area contributed by atoms with Crippen LogP contribution in [0, 0.1) is 40.5 Å². The number of nitro groups is 4. The Morgan fingerprint density at radius 2 is 0.800 bits per heavy atom. The zero-order chi connectivity index (χ0) is 15.2. The van der Waals surface area contributed by atoms with Crippen molar-refractivity contribution in [1.82, 2.24) is 20.0 Å². The first-order valence-electron chi connectivity index (χ1n) is 4.89. The molecule has 0 aromatic carbocycles. The Morgan fingerprint density at radius 1 is 0.600 bits per heavy atom. The lowest BCUT2D eigenvalue weighted by Gasteiger charge is -2.15. The van der Waals surface area contributed by atoms with Crippen LogP contribution in [-0.4, -0.2) is 65.8 Å². The highest BCUT2D eigenvalue weighted by atomic mass is 16.7. The fourth-order valence-corrected chi connectivity index (χ4v) is 2.15. The van der Waals surface area contributed by atoms with Crippen LogP contribution in [0.4, 0.5) is 0 Å². The van der Waals surface area contributed by atoms with Crippen LogP contribution in [0.3, 0.4) is 0 Å². The molecule has 0 aromatic heterocycles. The molecule has 2 saturated heterocycles. The fraction of sp³-hybridized carbons (Fsp3) is 1.00. The SMILES string of the molecule is O=[N+]([O-])N1CN([N+](=O)[O-])C2C1N([N+](=O)[O-])CN2[N+](=O)[O-]. The van der Waals surface area contributed by atoms with Gasteiger partial charge in [0, 0.05) is 0 Å². The van der Waals surface area contributed by atoms with Gasteiger partial charge in [-0.2, -0.15) is 0 Å². The molecule has 0 aromatic rings. The third kappa shape index (κ3) is 1.69. The maximum absolute atomic E-state index is 10.8. The van der Waals surface area contributed by atoms with Gasteiger partial charge in [0.05, 0.1) is 0 Å². The number of fused-ring (bicyclic) bond motifs is 1. The van der Waals surface area contributed by atoms with E-state index in [1.165, 1.54) is 0 Å². The summed E-state index contributed by atoms with van der Waals surface area (Å²) in [6.45, 7) is -1.83. The van der Waals surface area contributed by atoms with E-state index < -0.39 is 45.8 Å². The van der Waals surface area contributed by atoms with Crippen LogP contribution in [0.5, 0.6) is 0 Å². The highest BCUT2D eigenvalue weighted by molar-refractivity contribution is 4.86. The number of hydrogen-bond donors (Lipinski definition) is 0. The lowest BCUT2D eigenvalue weighted by atomic mass is 10.4. The Bertz CT molecular complexity index is 411. The Morgan fingerprint density at radius 3 is 0.950 bits per heavy atom. The van der Waals surface area contributed by atoms with E-state index in [0.717, 1.165) is 0 Å². The van der Waals surface area contributed by atoms with Gasteiger partial charge in [-0.25, -0.2) is 40.5 Å². The van der Waals surface area contributed by atoms with E-state index in [1.54, 1.807) is 0 Å². The molecule has 2 fully saturated rings. The molecule has 2 aliphatic heterocycles. The summed E-state index contributed by atoms with van der Waals surface area (Å²) in [6.07, 6.45) is -3.48. The second-order valence-corrected chi connectivity index (χ2v) is 3.82. The number of hydrogen-bond acceptors (Lipinski definition) is 8. The van der Waals surface area contributed by atoms with Crippen LogP contribution in [-0.2, 0) is 0 Å². The summed E-state index contributed by atoms with van der Waals surface area (Å²) >= 11 is 0. The molecule has 0 aliphatic carbocycles. The first-order chi connectivity index (χ1) is 9.25. The number of rotatable bonds is 4. The third-order valence-electron chi connectivity index (χ3n) is 2.91. The highest BCUT2D eigenvalue weighted by Gasteiger charge is 2.68. The van der Waals surface area contributed by atoms with Crippen LogP contribution in [0.15, 0.2) is 0 Å². The topological polar surface area (TPSA) is 186 Å². The zero-order valence-electron chi connectivity index (χ0n) is 9.41. The lowest BCUT2D eigenvalue weighted by molar-refractivity contribution is -0.743. The fourth-order valence-electron chi connectivity index (χ4n) is 2.15. The van der Waals surface area contributed by atoms with Crippen molar-refractivity contribution >= 4 is 0 Å². The predicted molar refractivity (Wildman–Crippen MR) is 52.6 cm³/mol. The molecule has 2 rings (SSSR count). The van der Waals surface area contributed by atoms with E-state index in [2.05, 4.69) is 0 Å². The lowest BCUT2D eigenvalue weighted by Crippen LogP contribution is -2.50. The van der Waals surface area contributed by atoms with Crippen molar-refractivity contribution < 1.29 is 20.1 Å². The van der Waals surface area contributed by atoms with Crippen molar-refractivity contribution in [3.63, 3.8) is 0 Å². The van der Waals surface area contributed by atoms with E-state index in [0.29, 0.717) is 0 Å². The summed E-state index contributed by atoms with van der Waals surface area (Å²) in [5.41, 5.74) is 0. The first-order valence-corrected chi connectivity index (χ1v) is 4.89. The van der Waals surface area contributed by atoms with Crippen molar-refractivity contribution in [2.75, 3.05) is 13.3 Å². The predicted octanol–water partition coefficient (Wildman–Crippen LogP) is -2.44. The van der Waals surface area contributed by atoms with Gasteiger partial charge in [-0.05, 0) is 0 Å². The molecule has 0 amide bonds. The summed E-state index contributed by atoms with van der Waals surface area (Å²) in [5.74, 6) is 0. The van der Waals surface area contributed by atoms with Gasteiger partial charge in [-0.1, -0.05) is 20.0 Å². The Labute approximate surface area is 107 Å². The van der Waals surface area contributed by atoms with Gasteiger partial charge in [-0.15, -0.1) is 0 Å². The van der Waals surface area contributed by atoms with Gasteiger partial charge >= 0.3 is 0 Å². The standard InChI is InChI=1S/C4H6N8O8/c13-9(14)5-1-6(10(15)16)4-3(5)7(11(17)18)2-8(4)12(19)20/h3-4H,1-2H2. The largest absolute Gasteiger partial charge is 0.271 e. The molecular weight excluding hydrogens is 288 g/mol. The minimum Gasteiger partial charge on any atom is -0.235 e. The van der Waals surface area contributed by atoms with Crippen molar-refractivity contribution in [3.8, 4) is 0 Å². The zero-order valence-corrected chi connectivity index (χ0v) is 9.41. The molecule has 0 N–H and O–H groups in total. The molecule has 20 heavy (non-hydrogen) atoms. The Kier molecular flexibility index (Phi) is 2.76. The summed E-state index contributed by atoms with van der Waals surface area (Å²) in [5, 5.41) is 39.8. The van der Waals surface area contributed by atoms with E-state index in [1.807, 2.05) is 0 Å². The van der Waals surface area contributed by atoms with Gasteiger partial charge < -0.3 is 0 Å². The van der Waals surface area contributed by atoms with Gasteiger partial charge in [0.2, 0.25) is 13.3 Å². The minimum atomic E-state index is -1.74. The van der Waals surface area contributed by atoms with Crippen LogP contribution >= 0.6 is 0 Å². The molecule has 0 saturated carbocycles. The summed E-state index contributed by atoms with van der Waals surface area (Å²) in [7, 11) is 0. The van der Waals surface area contributed by atoms with Gasteiger partial charge in [0.25, 0.3) is 12.3 Å². The normalized spacial score (nSPS) is 24.8. The van der Waals surface area contributed by atoms with Gasteiger partial charge in [0.15, 0.2) is 20.1 Å². The van der Waals surface area contributed by atoms with Crippen molar-refractivity contribution in [2.45, 2.75) is 12.3 Å². The van der Waals surface area contributed by atoms with E-state index in [4.69, 9.17) is 0 Å². The summed E-state index contributed by atoms with van der Waals surface area (Å²) < 4.78 is 0.